The zero-order valence-electron chi connectivity index (χ0n) is 11.5. The molecule has 3 N–H and O–H groups in total. The summed E-state index contributed by atoms with van der Waals surface area (Å²) in [5.41, 5.74) is 8.12. The van der Waals surface area contributed by atoms with Crippen LogP contribution in [0.15, 0.2) is 53.4 Å². The van der Waals surface area contributed by atoms with Gasteiger partial charge in [-0.2, -0.15) is 0 Å². The molecule has 1 atom stereocenters. The molecular weight excluding hydrogens is 272 g/mol. The van der Waals surface area contributed by atoms with E-state index in [1.807, 2.05) is 32.0 Å². The van der Waals surface area contributed by atoms with Crippen molar-refractivity contribution in [3.05, 3.63) is 59.7 Å². The van der Waals surface area contributed by atoms with Crippen molar-refractivity contribution in [3.63, 3.8) is 0 Å². The summed E-state index contributed by atoms with van der Waals surface area (Å²) in [6.07, 6.45) is 0. The van der Waals surface area contributed by atoms with E-state index in [1.165, 1.54) is 0 Å². The zero-order valence-corrected chi connectivity index (χ0v) is 12.3. The van der Waals surface area contributed by atoms with Crippen molar-refractivity contribution < 1.29 is 8.42 Å². The molecule has 20 heavy (non-hydrogen) atoms. The van der Waals surface area contributed by atoms with E-state index in [1.54, 1.807) is 30.3 Å². The third-order valence-corrected chi connectivity index (χ3v) is 4.34. The van der Waals surface area contributed by atoms with Gasteiger partial charge in [0.2, 0.25) is 0 Å². The quantitative estimate of drug-likeness (QED) is 0.909. The highest BCUT2D eigenvalue weighted by atomic mass is 32.2. The van der Waals surface area contributed by atoms with Crippen LogP contribution in [-0.2, 0) is 10.0 Å². The van der Waals surface area contributed by atoms with Gasteiger partial charge in [0.25, 0.3) is 10.0 Å². The topological polar surface area (TPSA) is 72.2 Å². The van der Waals surface area contributed by atoms with Crippen LogP contribution >= 0.6 is 0 Å². The van der Waals surface area contributed by atoms with Crippen LogP contribution in [0.3, 0.4) is 0 Å². The van der Waals surface area contributed by atoms with E-state index < -0.39 is 10.0 Å². The average Bonchev–Trinajstić information content (AvgIpc) is 2.38. The SMILES string of the molecule is Cc1cccc(NS(=O)(=O)c2cccc(C(C)N)c2)c1. The Balaban J connectivity index is 2.33. The molecular formula is C15H18N2O2S. The predicted octanol–water partition coefficient (Wildman–Crippen LogP) is 2.82. The van der Waals surface area contributed by atoms with E-state index in [9.17, 15) is 8.42 Å². The number of benzene rings is 2. The number of nitrogens with one attached hydrogen (secondary N) is 1. The number of anilines is 1. The van der Waals surface area contributed by atoms with Crippen LogP contribution in [0.25, 0.3) is 0 Å². The lowest BCUT2D eigenvalue weighted by molar-refractivity contribution is 0.601. The third kappa shape index (κ3) is 3.37. The lowest BCUT2D eigenvalue weighted by Gasteiger charge is -2.11. The highest BCUT2D eigenvalue weighted by Gasteiger charge is 2.15. The average molecular weight is 290 g/mol. The van der Waals surface area contributed by atoms with Gasteiger partial charge in [-0.15, -0.1) is 0 Å². The molecule has 0 radical (unpaired) electrons. The number of rotatable bonds is 4. The molecule has 1 unspecified atom stereocenters. The van der Waals surface area contributed by atoms with Crippen LogP contribution in [0, 0.1) is 6.92 Å². The maximum absolute atomic E-state index is 12.3. The van der Waals surface area contributed by atoms with Gasteiger partial charge in [-0.05, 0) is 49.2 Å². The minimum Gasteiger partial charge on any atom is -0.324 e. The summed E-state index contributed by atoms with van der Waals surface area (Å²) in [4.78, 5) is 0.216. The minimum absolute atomic E-state index is 0.205. The van der Waals surface area contributed by atoms with E-state index >= 15 is 0 Å². The third-order valence-electron chi connectivity index (χ3n) is 2.96. The summed E-state index contributed by atoms with van der Waals surface area (Å²) in [5.74, 6) is 0. The van der Waals surface area contributed by atoms with Gasteiger partial charge in [0.05, 0.1) is 4.90 Å². The van der Waals surface area contributed by atoms with Gasteiger partial charge in [0, 0.05) is 11.7 Å². The lowest BCUT2D eigenvalue weighted by atomic mass is 10.1. The highest BCUT2D eigenvalue weighted by molar-refractivity contribution is 7.92. The molecule has 2 rings (SSSR count). The summed E-state index contributed by atoms with van der Waals surface area (Å²) in [6.45, 7) is 3.73. The van der Waals surface area contributed by atoms with Crippen LogP contribution in [0.5, 0.6) is 0 Å². The molecule has 0 bridgehead atoms. The minimum atomic E-state index is -3.59. The molecule has 4 nitrogen and oxygen atoms in total. The molecule has 0 aliphatic rings. The van der Waals surface area contributed by atoms with Crippen molar-refractivity contribution in [1.82, 2.24) is 0 Å². The van der Waals surface area contributed by atoms with Crippen molar-refractivity contribution in [1.29, 1.82) is 0 Å². The number of hydrogen-bond acceptors (Lipinski definition) is 3. The first-order chi connectivity index (χ1) is 9.38. The Kier molecular flexibility index (Phi) is 4.11. The van der Waals surface area contributed by atoms with Crippen molar-refractivity contribution in [2.75, 3.05) is 4.72 Å². The first kappa shape index (κ1) is 14.6. The molecule has 0 spiro atoms. The molecule has 0 fully saturated rings. The standard InChI is InChI=1S/C15H18N2O2S/c1-11-5-3-7-14(9-11)17-20(18,19)15-8-4-6-13(10-15)12(2)16/h3-10,12,17H,16H2,1-2H3. The Bertz CT molecular complexity index is 709. The Hall–Kier alpha value is -1.85. The van der Waals surface area contributed by atoms with Gasteiger partial charge in [-0.3, -0.25) is 4.72 Å². The molecule has 106 valence electrons. The highest BCUT2D eigenvalue weighted by Crippen LogP contribution is 2.19. The number of hydrogen-bond donors (Lipinski definition) is 2. The van der Waals surface area contributed by atoms with Crippen LogP contribution < -0.4 is 10.5 Å². The van der Waals surface area contributed by atoms with Gasteiger partial charge >= 0.3 is 0 Å². The molecule has 0 heterocycles. The van der Waals surface area contributed by atoms with E-state index in [2.05, 4.69) is 4.72 Å². The van der Waals surface area contributed by atoms with E-state index in [0.29, 0.717) is 5.69 Å². The maximum atomic E-state index is 12.3. The Labute approximate surface area is 119 Å². The van der Waals surface area contributed by atoms with Crippen molar-refractivity contribution >= 4 is 15.7 Å². The summed E-state index contributed by atoms with van der Waals surface area (Å²) in [6, 6.07) is 13.7. The van der Waals surface area contributed by atoms with Gasteiger partial charge in [0.1, 0.15) is 0 Å². The second-order valence-electron chi connectivity index (χ2n) is 4.84. The number of aryl methyl sites for hydroxylation is 1. The van der Waals surface area contributed by atoms with Crippen LogP contribution in [-0.4, -0.2) is 8.42 Å². The fourth-order valence-corrected chi connectivity index (χ4v) is 2.99. The fourth-order valence-electron chi connectivity index (χ4n) is 1.89. The normalized spacial score (nSPS) is 12.9. The van der Waals surface area contributed by atoms with E-state index in [0.717, 1.165) is 11.1 Å². The molecule has 0 aliphatic carbocycles. The molecule has 0 aliphatic heterocycles. The molecule has 2 aromatic rings. The van der Waals surface area contributed by atoms with Gasteiger partial charge in [-0.25, -0.2) is 8.42 Å². The van der Waals surface area contributed by atoms with Crippen molar-refractivity contribution in [2.45, 2.75) is 24.8 Å². The number of nitrogens with two attached hydrogens (primary N) is 1. The van der Waals surface area contributed by atoms with Crippen LogP contribution in [0.4, 0.5) is 5.69 Å². The summed E-state index contributed by atoms with van der Waals surface area (Å²) < 4.78 is 27.2. The second-order valence-corrected chi connectivity index (χ2v) is 6.52. The fraction of sp³-hybridized carbons (Fsp3) is 0.200. The Morgan fingerprint density at radius 1 is 1.10 bits per heavy atom. The molecule has 0 aromatic heterocycles. The zero-order chi connectivity index (χ0) is 14.8. The summed E-state index contributed by atoms with van der Waals surface area (Å²) in [7, 11) is -3.59. The van der Waals surface area contributed by atoms with Gasteiger partial charge in [-0.1, -0.05) is 24.3 Å². The predicted molar refractivity (Wildman–Crippen MR) is 81.0 cm³/mol. The smallest absolute Gasteiger partial charge is 0.261 e. The lowest BCUT2D eigenvalue weighted by Crippen LogP contribution is -2.14. The van der Waals surface area contributed by atoms with Gasteiger partial charge < -0.3 is 5.73 Å². The first-order valence-corrected chi connectivity index (χ1v) is 7.82. The molecule has 2 aromatic carbocycles. The molecule has 0 saturated carbocycles. The van der Waals surface area contributed by atoms with Crippen LogP contribution in [0.2, 0.25) is 0 Å². The van der Waals surface area contributed by atoms with E-state index in [4.69, 9.17) is 5.73 Å². The molecule has 0 saturated heterocycles. The summed E-state index contributed by atoms with van der Waals surface area (Å²) in [5, 5.41) is 0. The number of sulfonamides is 1. The van der Waals surface area contributed by atoms with E-state index in [-0.39, 0.29) is 10.9 Å². The van der Waals surface area contributed by atoms with Crippen molar-refractivity contribution in [2.24, 2.45) is 5.73 Å². The summed E-state index contributed by atoms with van der Waals surface area (Å²) >= 11 is 0. The monoisotopic (exact) mass is 290 g/mol. The molecule has 5 heteroatoms. The first-order valence-electron chi connectivity index (χ1n) is 6.33. The van der Waals surface area contributed by atoms with Gasteiger partial charge in [0.15, 0.2) is 0 Å². The van der Waals surface area contributed by atoms with Crippen LogP contribution in [0.1, 0.15) is 24.1 Å². The van der Waals surface area contributed by atoms with Crippen molar-refractivity contribution in [3.8, 4) is 0 Å². The maximum Gasteiger partial charge on any atom is 0.261 e. The molecule has 0 amide bonds. The largest absolute Gasteiger partial charge is 0.324 e. The Morgan fingerprint density at radius 2 is 1.80 bits per heavy atom. The second kappa shape index (κ2) is 5.64. The Morgan fingerprint density at radius 3 is 2.45 bits per heavy atom.